The molecule has 0 aliphatic rings. The van der Waals surface area contributed by atoms with Gasteiger partial charge in [0.05, 0.1) is 5.56 Å². The highest BCUT2D eigenvalue weighted by atomic mass is 35.5. The molecule has 0 unspecified atom stereocenters. The number of carbonyl (C=O) groups is 1. The molecule has 0 aliphatic carbocycles. The monoisotopic (exact) mass is 394 g/mol. The zero-order valence-electron chi connectivity index (χ0n) is 15.6. The third-order valence-electron chi connectivity index (χ3n) is 3.98. The molecule has 1 heterocycles. The van der Waals surface area contributed by atoms with Crippen LogP contribution in [0.25, 0.3) is 0 Å². The van der Waals surface area contributed by atoms with Gasteiger partial charge in [-0.1, -0.05) is 39.3 Å². The van der Waals surface area contributed by atoms with Gasteiger partial charge in [0.2, 0.25) is 5.91 Å². The average Bonchev–Trinajstić information content (AvgIpc) is 2.49. The van der Waals surface area contributed by atoms with Crippen LogP contribution >= 0.6 is 11.6 Å². The van der Waals surface area contributed by atoms with E-state index in [1.807, 2.05) is 27.7 Å². The number of alkyl halides is 3. The first-order valence-corrected chi connectivity index (χ1v) is 9.04. The van der Waals surface area contributed by atoms with Gasteiger partial charge in [-0.3, -0.25) is 9.59 Å². The minimum atomic E-state index is -4.64. The highest BCUT2D eigenvalue weighted by Gasteiger charge is 2.32. The van der Waals surface area contributed by atoms with Crippen LogP contribution in [0.1, 0.15) is 46.1 Å². The SMILES string of the molecule is CC(C)CCN(CCC(C)C)C(=O)Cn1cc(C(F)(F)F)cc(Cl)c1=O. The molecule has 148 valence electrons. The fourth-order valence-electron chi connectivity index (χ4n) is 2.31. The van der Waals surface area contributed by atoms with E-state index in [1.54, 1.807) is 4.90 Å². The largest absolute Gasteiger partial charge is 0.417 e. The zero-order chi connectivity index (χ0) is 20.1. The molecule has 0 saturated heterocycles. The Morgan fingerprint density at radius 3 is 2.08 bits per heavy atom. The maximum atomic E-state index is 12.9. The number of pyridine rings is 1. The molecule has 8 heteroatoms. The van der Waals surface area contributed by atoms with Gasteiger partial charge in [-0.15, -0.1) is 0 Å². The molecule has 0 saturated carbocycles. The first kappa shape index (κ1) is 22.5. The van der Waals surface area contributed by atoms with Crippen LogP contribution < -0.4 is 5.56 Å². The minimum Gasteiger partial charge on any atom is -0.341 e. The lowest BCUT2D eigenvalue weighted by atomic mass is 10.1. The molecule has 0 aliphatic heterocycles. The van der Waals surface area contributed by atoms with E-state index in [9.17, 15) is 22.8 Å². The van der Waals surface area contributed by atoms with Crippen molar-refractivity contribution < 1.29 is 18.0 Å². The fourth-order valence-corrected chi connectivity index (χ4v) is 2.53. The van der Waals surface area contributed by atoms with Crippen LogP contribution in [0, 0.1) is 11.8 Å². The second-order valence-electron chi connectivity index (χ2n) is 7.25. The van der Waals surface area contributed by atoms with Gasteiger partial charge < -0.3 is 9.47 Å². The van der Waals surface area contributed by atoms with Crippen molar-refractivity contribution in [2.45, 2.75) is 53.3 Å². The number of rotatable bonds is 8. The number of nitrogens with zero attached hydrogens (tertiary/aromatic N) is 2. The summed E-state index contributed by atoms with van der Waals surface area (Å²) >= 11 is 5.64. The van der Waals surface area contributed by atoms with Gasteiger partial charge in [-0.25, -0.2) is 0 Å². The Hall–Kier alpha value is -1.50. The fraction of sp³-hybridized carbons (Fsp3) is 0.667. The predicted octanol–water partition coefficient (Wildman–Crippen LogP) is 4.44. The quantitative estimate of drug-likeness (QED) is 0.654. The van der Waals surface area contributed by atoms with Crippen molar-refractivity contribution >= 4 is 17.5 Å². The number of hydrogen-bond donors (Lipinski definition) is 0. The minimum absolute atomic E-state index is 0.384. The molecule has 1 rings (SSSR count). The zero-order valence-corrected chi connectivity index (χ0v) is 16.3. The van der Waals surface area contributed by atoms with Gasteiger partial charge in [0.15, 0.2) is 0 Å². The standard InChI is InChI=1S/C18H26ClF3N2O2/c1-12(2)5-7-23(8-6-13(3)4)16(25)11-24-10-14(18(20,21)22)9-15(19)17(24)26/h9-10,12-13H,5-8,11H2,1-4H3. The van der Waals surface area contributed by atoms with Gasteiger partial charge in [0.1, 0.15) is 11.6 Å². The molecule has 0 bridgehead atoms. The number of carbonyl (C=O) groups excluding carboxylic acids is 1. The number of amides is 1. The van der Waals surface area contributed by atoms with Crippen LogP contribution in [0.3, 0.4) is 0 Å². The van der Waals surface area contributed by atoms with Crippen molar-refractivity contribution in [3.63, 3.8) is 0 Å². The molecule has 26 heavy (non-hydrogen) atoms. The molecule has 4 nitrogen and oxygen atoms in total. The molecule has 0 spiro atoms. The van der Waals surface area contributed by atoms with Crippen molar-refractivity contribution in [2.24, 2.45) is 11.8 Å². The Kier molecular flexibility index (Phi) is 8.18. The number of hydrogen-bond acceptors (Lipinski definition) is 2. The highest BCUT2D eigenvalue weighted by molar-refractivity contribution is 6.30. The summed E-state index contributed by atoms with van der Waals surface area (Å²) in [5.41, 5.74) is -1.86. The van der Waals surface area contributed by atoms with Crippen LogP contribution in [0.5, 0.6) is 0 Å². The van der Waals surface area contributed by atoms with Crippen LogP contribution in [-0.4, -0.2) is 28.5 Å². The topological polar surface area (TPSA) is 42.3 Å². The maximum Gasteiger partial charge on any atom is 0.417 e. The Morgan fingerprint density at radius 1 is 1.15 bits per heavy atom. The van der Waals surface area contributed by atoms with E-state index in [1.165, 1.54) is 0 Å². The smallest absolute Gasteiger partial charge is 0.341 e. The van der Waals surface area contributed by atoms with Crippen molar-refractivity contribution in [3.8, 4) is 0 Å². The molecular weight excluding hydrogens is 369 g/mol. The maximum absolute atomic E-state index is 12.9. The van der Waals surface area contributed by atoms with Crippen molar-refractivity contribution in [1.82, 2.24) is 9.47 Å². The van der Waals surface area contributed by atoms with Crippen LogP contribution in [0.4, 0.5) is 13.2 Å². The van der Waals surface area contributed by atoms with Gasteiger partial charge in [-0.2, -0.15) is 13.2 Å². The van der Waals surface area contributed by atoms with Gasteiger partial charge in [0, 0.05) is 19.3 Å². The predicted molar refractivity (Wildman–Crippen MR) is 96.2 cm³/mol. The molecule has 1 aromatic heterocycles. The van der Waals surface area contributed by atoms with E-state index in [0.29, 0.717) is 37.2 Å². The summed E-state index contributed by atoms with van der Waals surface area (Å²) in [5.74, 6) is 0.383. The van der Waals surface area contributed by atoms with Crippen LogP contribution in [-0.2, 0) is 17.5 Å². The second-order valence-corrected chi connectivity index (χ2v) is 7.66. The Morgan fingerprint density at radius 2 is 1.65 bits per heavy atom. The van der Waals surface area contributed by atoms with Gasteiger partial charge in [-0.05, 0) is 30.7 Å². The summed E-state index contributed by atoms with van der Waals surface area (Å²) in [4.78, 5) is 26.2. The normalized spacial score (nSPS) is 12.1. The third kappa shape index (κ3) is 7.02. The molecule has 0 fully saturated rings. The van der Waals surface area contributed by atoms with E-state index in [4.69, 9.17) is 11.6 Å². The Balaban J connectivity index is 3.03. The first-order valence-electron chi connectivity index (χ1n) is 8.66. The summed E-state index contributed by atoms with van der Waals surface area (Å²) in [6, 6.07) is 0.583. The molecule has 0 radical (unpaired) electrons. The summed E-state index contributed by atoms with van der Waals surface area (Å²) in [7, 11) is 0. The van der Waals surface area contributed by atoms with E-state index in [0.717, 1.165) is 17.4 Å². The van der Waals surface area contributed by atoms with Gasteiger partial charge >= 0.3 is 6.18 Å². The van der Waals surface area contributed by atoms with Crippen LogP contribution in [0.2, 0.25) is 5.02 Å². The number of halogens is 4. The Labute approximate surface area is 156 Å². The third-order valence-corrected chi connectivity index (χ3v) is 4.25. The summed E-state index contributed by atoms with van der Waals surface area (Å²) in [6.07, 6.45) is -2.43. The summed E-state index contributed by atoms with van der Waals surface area (Å²) in [6.45, 7) is 8.67. The van der Waals surface area contributed by atoms with Crippen LogP contribution in [0.15, 0.2) is 17.1 Å². The molecule has 0 atom stereocenters. The van der Waals surface area contributed by atoms with Gasteiger partial charge in [0.25, 0.3) is 5.56 Å². The van der Waals surface area contributed by atoms with E-state index >= 15 is 0 Å². The molecule has 0 aromatic carbocycles. The lowest BCUT2D eigenvalue weighted by Gasteiger charge is -2.25. The lowest BCUT2D eigenvalue weighted by Crippen LogP contribution is -2.38. The molecular formula is C18H26ClF3N2O2. The van der Waals surface area contributed by atoms with E-state index in [2.05, 4.69) is 0 Å². The summed E-state index contributed by atoms with van der Waals surface area (Å²) < 4.78 is 39.5. The van der Waals surface area contributed by atoms with E-state index in [-0.39, 0.29) is 5.91 Å². The van der Waals surface area contributed by atoms with E-state index < -0.39 is 28.9 Å². The number of aromatic nitrogens is 1. The summed E-state index contributed by atoms with van der Waals surface area (Å²) in [5, 5.41) is -0.552. The van der Waals surface area contributed by atoms with Crippen molar-refractivity contribution in [1.29, 1.82) is 0 Å². The van der Waals surface area contributed by atoms with Crippen molar-refractivity contribution in [3.05, 3.63) is 33.2 Å². The molecule has 1 amide bonds. The first-order chi connectivity index (χ1) is 11.9. The Bertz CT molecular complexity index is 657. The average molecular weight is 395 g/mol. The van der Waals surface area contributed by atoms with Crippen molar-refractivity contribution in [2.75, 3.05) is 13.1 Å². The second kappa shape index (κ2) is 9.44. The lowest BCUT2D eigenvalue weighted by molar-refractivity contribution is -0.138. The molecule has 0 N–H and O–H groups in total. The molecule has 1 aromatic rings. The highest BCUT2D eigenvalue weighted by Crippen LogP contribution is 2.29.